The highest BCUT2D eigenvalue weighted by molar-refractivity contribution is 7.20. The number of carboxylic acids is 1. The molecule has 0 saturated heterocycles. The Hall–Kier alpha value is -2.28. The van der Waals surface area contributed by atoms with Crippen LogP contribution >= 0.6 is 11.3 Å². The van der Waals surface area contributed by atoms with Gasteiger partial charge in [-0.25, -0.2) is 13.6 Å². The Morgan fingerprint density at radius 1 is 1.10 bits per heavy atom. The molecule has 1 N–H and O–H groups in total. The number of aromatic carboxylic acids is 1. The van der Waals surface area contributed by atoms with Gasteiger partial charge < -0.3 is 10.0 Å². The highest BCUT2D eigenvalue weighted by Gasteiger charge is 2.33. The molecule has 0 spiro atoms. The summed E-state index contributed by atoms with van der Waals surface area (Å²) in [5, 5.41) is 10.1. The van der Waals surface area contributed by atoms with E-state index in [0.717, 1.165) is 49.2 Å². The van der Waals surface area contributed by atoms with Crippen LogP contribution in [0.1, 0.15) is 56.8 Å². The van der Waals surface area contributed by atoms with Crippen LogP contribution in [0.4, 0.5) is 13.8 Å². The van der Waals surface area contributed by atoms with Gasteiger partial charge in [0.05, 0.1) is 5.56 Å². The highest BCUT2D eigenvalue weighted by atomic mass is 32.1. The van der Waals surface area contributed by atoms with Crippen molar-refractivity contribution < 1.29 is 23.5 Å². The molecule has 0 unspecified atom stereocenters. The number of rotatable bonds is 5. The molecule has 1 aliphatic rings. The molecule has 29 heavy (non-hydrogen) atoms. The Morgan fingerprint density at radius 3 is 2.31 bits per heavy atom. The zero-order chi connectivity index (χ0) is 21.3. The van der Waals surface area contributed by atoms with Gasteiger partial charge in [0.2, 0.25) is 5.91 Å². The quantitative estimate of drug-likeness (QED) is 0.648. The summed E-state index contributed by atoms with van der Waals surface area (Å²) in [6.45, 7) is 5.88. The maximum Gasteiger partial charge on any atom is 0.338 e. The number of hydrogen-bond acceptors (Lipinski definition) is 3. The molecule has 1 heterocycles. The van der Waals surface area contributed by atoms with E-state index in [0.29, 0.717) is 21.4 Å². The number of thiophene rings is 1. The number of benzene rings is 1. The Morgan fingerprint density at radius 2 is 1.76 bits per heavy atom. The second kappa shape index (κ2) is 8.61. The van der Waals surface area contributed by atoms with Crippen molar-refractivity contribution in [3.8, 4) is 10.4 Å². The first-order valence-corrected chi connectivity index (χ1v) is 10.7. The Balaban J connectivity index is 2.01. The number of amides is 1. The average Bonchev–Trinajstić information content (AvgIpc) is 3.09. The number of carbonyl (C=O) groups excluding carboxylic acids is 1. The fourth-order valence-corrected chi connectivity index (χ4v) is 5.08. The van der Waals surface area contributed by atoms with E-state index in [1.165, 1.54) is 12.1 Å². The van der Waals surface area contributed by atoms with Gasteiger partial charge in [-0.3, -0.25) is 4.79 Å². The van der Waals surface area contributed by atoms with Crippen molar-refractivity contribution in [3.05, 3.63) is 41.5 Å². The van der Waals surface area contributed by atoms with Gasteiger partial charge in [0.25, 0.3) is 0 Å². The average molecular weight is 422 g/mol. The summed E-state index contributed by atoms with van der Waals surface area (Å²) in [7, 11) is 0. The molecule has 1 saturated carbocycles. The molecule has 0 radical (unpaired) electrons. The second-order valence-electron chi connectivity index (χ2n) is 8.02. The van der Waals surface area contributed by atoms with E-state index in [1.807, 2.05) is 13.8 Å². The van der Waals surface area contributed by atoms with E-state index in [9.17, 15) is 23.5 Å². The summed E-state index contributed by atoms with van der Waals surface area (Å²) in [6.07, 6.45) is 3.57. The van der Waals surface area contributed by atoms with E-state index in [-0.39, 0.29) is 23.4 Å². The molecule has 0 bridgehead atoms. The lowest BCUT2D eigenvalue weighted by atomic mass is 9.82. The van der Waals surface area contributed by atoms with Crippen molar-refractivity contribution in [2.75, 3.05) is 4.90 Å². The van der Waals surface area contributed by atoms with Crippen molar-refractivity contribution in [3.63, 3.8) is 0 Å². The van der Waals surface area contributed by atoms with Crippen molar-refractivity contribution in [2.24, 2.45) is 11.8 Å². The van der Waals surface area contributed by atoms with Crippen LogP contribution < -0.4 is 4.90 Å². The highest BCUT2D eigenvalue weighted by Crippen LogP contribution is 2.41. The van der Waals surface area contributed by atoms with Crippen LogP contribution in [-0.2, 0) is 4.79 Å². The summed E-state index contributed by atoms with van der Waals surface area (Å²) in [5.41, 5.74) is 0.381. The molecule has 0 aliphatic heterocycles. The van der Waals surface area contributed by atoms with Crippen LogP contribution in [0.2, 0.25) is 0 Å². The third kappa shape index (κ3) is 4.50. The normalized spacial score (nSPS) is 19.4. The van der Waals surface area contributed by atoms with Crippen LogP contribution in [-0.4, -0.2) is 23.0 Å². The monoisotopic (exact) mass is 421 g/mol. The van der Waals surface area contributed by atoms with Crippen LogP contribution in [0.15, 0.2) is 24.3 Å². The van der Waals surface area contributed by atoms with E-state index in [2.05, 4.69) is 6.92 Å². The molecule has 1 fully saturated rings. The second-order valence-corrected chi connectivity index (χ2v) is 9.05. The number of hydrogen-bond donors (Lipinski definition) is 1. The van der Waals surface area contributed by atoms with Crippen LogP contribution in [0.25, 0.3) is 10.4 Å². The number of carboxylic acid groups (broad SMARTS) is 1. The number of nitrogens with zero attached hydrogens (tertiary/aromatic N) is 1. The minimum atomic E-state index is -1.15. The first-order chi connectivity index (χ1) is 13.7. The van der Waals surface area contributed by atoms with Crippen LogP contribution in [0.3, 0.4) is 0 Å². The Labute approximate surface area is 173 Å². The summed E-state index contributed by atoms with van der Waals surface area (Å²) in [4.78, 5) is 27.2. The molecule has 3 rings (SSSR count). The minimum Gasteiger partial charge on any atom is -0.478 e. The molecule has 7 heteroatoms. The molecule has 1 aliphatic carbocycles. The molecule has 2 aromatic rings. The smallest absolute Gasteiger partial charge is 0.338 e. The SMILES string of the molecule is CC(C)N(c1sc(-c2ccc(F)c(F)c2)cc1C(=O)O)C(=O)[C@H]1CC[C@H](C)CC1. The van der Waals surface area contributed by atoms with Gasteiger partial charge in [0.15, 0.2) is 11.6 Å². The summed E-state index contributed by atoms with van der Waals surface area (Å²) in [6, 6.07) is 4.67. The zero-order valence-corrected chi connectivity index (χ0v) is 17.6. The van der Waals surface area contributed by atoms with Gasteiger partial charge in [-0.2, -0.15) is 0 Å². The molecule has 0 atom stereocenters. The predicted octanol–water partition coefficient (Wildman–Crippen LogP) is 5.96. The Bertz CT molecular complexity index is 917. The summed E-state index contributed by atoms with van der Waals surface area (Å²) in [5.74, 6) is -2.70. The molecular formula is C22H25F2NO3S. The van der Waals surface area contributed by atoms with Gasteiger partial charge in [0, 0.05) is 16.8 Å². The first kappa shape index (κ1) is 21.4. The maximum atomic E-state index is 13.7. The number of anilines is 1. The third-order valence-corrected chi connectivity index (χ3v) is 6.67. The van der Waals surface area contributed by atoms with Crippen LogP contribution in [0.5, 0.6) is 0 Å². The fourth-order valence-electron chi connectivity index (χ4n) is 3.80. The molecule has 4 nitrogen and oxygen atoms in total. The minimum absolute atomic E-state index is 0.000889. The van der Waals surface area contributed by atoms with E-state index in [1.54, 1.807) is 4.90 Å². The molecule has 156 valence electrons. The summed E-state index contributed by atoms with van der Waals surface area (Å²) < 4.78 is 27.0. The van der Waals surface area contributed by atoms with Gasteiger partial charge in [-0.15, -0.1) is 11.3 Å². The molecule has 1 aromatic carbocycles. The fraction of sp³-hybridized carbons (Fsp3) is 0.455. The third-order valence-electron chi connectivity index (χ3n) is 5.48. The number of halogens is 2. The lowest BCUT2D eigenvalue weighted by molar-refractivity contribution is -0.123. The van der Waals surface area contributed by atoms with Gasteiger partial charge in [-0.05, 0) is 69.2 Å². The van der Waals surface area contributed by atoms with Crippen molar-refractivity contribution in [1.82, 2.24) is 0 Å². The summed E-state index contributed by atoms with van der Waals surface area (Å²) >= 11 is 1.12. The van der Waals surface area contributed by atoms with Crippen molar-refractivity contribution in [2.45, 2.75) is 52.5 Å². The lowest BCUT2D eigenvalue weighted by Gasteiger charge is -2.33. The first-order valence-electron chi connectivity index (χ1n) is 9.84. The van der Waals surface area contributed by atoms with Gasteiger partial charge >= 0.3 is 5.97 Å². The van der Waals surface area contributed by atoms with Gasteiger partial charge in [-0.1, -0.05) is 13.0 Å². The lowest BCUT2D eigenvalue weighted by Crippen LogP contribution is -2.42. The zero-order valence-electron chi connectivity index (χ0n) is 16.7. The van der Waals surface area contributed by atoms with Crippen LogP contribution in [0, 0.1) is 23.5 Å². The van der Waals surface area contributed by atoms with E-state index >= 15 is 0 Å². The standard InChI is InChI=1S/C22H25F2NO3S/c1-12(2)25(20(26)14-6-4-13(3)5-7-14)21-16(22(27)28)11-19(29-21)15-8-9-17(23)18(24)10-15/h8-14H,4-7H2,1-3H3,(H,27,28)/t13-,14-. The maximum absolute atomic E-state index is 13.7. The number of carbonyl (C=O) groups is 2. The van der Waals surface area contributed by atoms with E-state index < -0.39 is 17.6 Å². The molecule has 1 aromatic heterocycles. The molecule has 1 amide bonds. The topological polar surface area (TPSA) is 57.6 Å². The van der Waals surface area contributed by atoms with E-state index in [4.69, 9.17) is 0 Å². The molecular weight excluding hydrogens is 396 g/mol. The largest absolute Gasteiger partial charge is 0.478 e. The Kier molecular flexibility index (Phi) is 6.36. The van der Waals surface area contributed by atoms with Crippen molar-refractivity contribution >= 4 is 28.2 Å². The van der Waals surface area contributed by atoms with Gasteiger partial charge in [0.1, 0.15) is 5.00 Å². The predicted molar refractivity (Wildman–Crippen MR) is 110 cm³/mol. The van der Waals surface area contributed by atoms with Crippen molar-refractivity contribution in [1.29, 1.82) is 0 Å².